The molecule has 0 aliphatic carbocycles. The van der Waals surface area contributed by atoms with E-state index >= 15 is 0 Å². The maximum Gasteiger partial charge on any atom is 0.242 e. The molecule has 1 aliphatic rings. The zero-order chi connectivity index (χ0) is 16.8. The van der Waals surface area contributed by atoms with Gasteiger partial charge >= 0.3 is 0 Å². The van der Waals surface area contributed by atoms with Crippen molar-refractivity contribution in [1.29, 1.82) is 0 Å². The van der Waals surface area contributed by atoms with Crippen LogP contribution in [-0.2, 0) is 9.59 Å². The first-order valence-electron chi connectivity index (χ1n) is 7.97. The van der Waals surface area contributed by atoms with E-state index in [9.17, 15) is 9.59 Å². The Morgan fingerprint density at radius 1 is 1.26 bits per heavy atom. The SMILES string of the molecule is C=CCN(CC(=O)N1CCN(c2cccc(C)c2)CC1)C(C)=O. The highest BCUT2D eigenvalue weighted by molar-refractivity contribution is 5.84. The van der Waals surface area contributed by atoms with Crippen LogP contribution in [0.1, 0.15) is 12.5 Å². The van der Waals surface area contributed by atoms with Crippen molar-refractivity contribution in [3.63, 3.8) is 0 Å². The number of piperazine rings is 1. The van der Waals surface area contributed by atoms with Crippen molar-refractivity contribution in [3.8, 4) is 0 Å². The second kappa shape index (κ2) is 7.81. The van der Waals surface area contributed by atoms with Crippen LogP contribution in [-0.4, -0.2) is 60.9 Å². The number of carbonyl (C=O) groups excluding carboxylic acids is 2. The maximum atomic E-state index is 12.4. The van der Waals surface area contributed by atoms with Crippen molar-refractivity contribution in [1.82, 2.24) is 9.80 Å². The monoisotopic (exact) mass is 315 g/mol. The molecule has 124 valence electrons. The largest absolute Gasteiger partial charge is 0.368 e. The Bertz CT molecular complexity index is 577. The first kappa shape index (κ1) is 17.1. The van der Waals surface area contributed by atoms with Gasteiger partial charge in [-0.2, -0.15) is 0 Å². The third-order valence-corrected chi connectivity index (χ3v) is 4.12. The lowest BCUT2D eigenvalue weighted by Crippen LogP contribution is -2.51. The van der Waals surface area contributed by atoms with Crippen LogP contribution in [0.25, 0.3) is 0 Å². The van der Waals surface area contributed by atoms with Gasteiger partial charge in [-0.3, -0.25) is 9.59 Å². The minimum atomic E-state index is -0.100. The number of aryl methyl sites for hydroxylation is 1. The molecule has 0 N–H and O–H groups in total. The van der Waals surface area contributed by atoms with Gasteiger partial charge < -0.3 is 14.7 Å². The van der Waals surface area contributed by atoms with Crippen LogP contribution in [0.2, 0.25) is 0 Å². The van der Waals surface area contributed by atoms with Gasteiger partial charge in [-0.25, -0.2) is 0 Å². The molecule has 0 spiro atoms. The van der Waals surface area contributed by atoms with Crippen molar-refractivity contribution in [2.75, 3.05) is 44.2 Å². The summed E-state index contributed by atoms with van der Waals surface area (Å²) in [6.07, 6.45) is 1.64. The van der Waals surface area contributed by atoms with Crippen LogP contribution in [0.3, 0.4) is 0 Å². The molecule has 2 amide bonds. The predicted molar refractivity (Wildman–Crippen MR) is 92.4 cm³/mol. The molecular weight excluding hydrogens is 290 g/mol. The van der Waals surface area contributed by atoms with E-state index in [0.717, 1.165) is 13.1 Å². The first-order chi connectivity index (χ1) is 11.0. The topological polar surface area (TPSA) is 43.9 Å². The van der Waals surface area contributed by atoms with Crippen molar-refractivity contribution < 1.29 is 9.59 Å². The van der Waals surface area contributed by atoms with Gasteiger partial charge in [-0.15, -0.1) is 6.58 Å². The number of benzene rings is 1. The molecule has 0 atom stereocenters. The second-order valence-corrected chi connectivity index (χ2v) is 5.90. The van der Waals surface area contributed by atoms with Crippen molar-refractivity contribution in [2.45, 2.75) is 13.8 Å². The molecule has 0 aromatic heterocycles. The molecule has 23 heavy (non-hydrogen) atoms. The van der Waals surface area contributed by atoms with E-state index in [4.69, 9.17) is 0 Å². The molecule has 5 nitrogen and oxygen atoms in total. The summed E-state index contributed by atoms with van der Waals surface area (Å²) in [6, 6.07) is 8.41. The lowest BCUT2D eigenvalue weighted by molar-refractivity contribution is -0.139. The highest BCUT2D eigenvalue weighted by Crippen LogP contribution is 2.17. The second-order valence-electron chi connectivity index (χ2n) is 5.90. The number of nitrogens with zero attached hydrogens (tertiary/aromatic N) is 3. The molecule has 1 heterocycles. The molecule has 1 aromatic rings. The summed E-state index contributed by atoms with van der Waals surface area (Å²) >= 11 is 0. The zero-order valence-electron chi connectivity index (χ0n) is 14.0. The number of anilines is 1. The van der Waals surface area contributed by atoms with E-state index in [1.807, 2.05) is 4.90 Å². The Labute approximate surface area is 138 Å². The van der Waals surface area contributed by atoms with Gasteiger partial charge in [0.15, 0.2) is 0 Å². The number of hydrogen-bond acceptors (Lipinski definition) is 3. The number of rotatable bonds is 5. The molecule has 5 heteroatoms. The van der Waals surface area contributed by atoms with Gasteiger partial charge in [0, 0.05) is 45.3 Å². The van der Waals surface area contributed by atoms with Gasteiger partial charge in [0.05, 0.1) is 0 Å². The molecule has 1 aromatic carbocycles. The van der Waals surface area contributed by atoms with Crippen LogP contribution in [0.4, 0.5) is 5.69 Å². The van der Waals surface area contributed by atoms with E-state index in [-0.39, 0.29) is 18.4 Å². The molecule has 1 aliphatic heterocycles. The minimum Gasteiger partial charge on any atom is -0.368 e. The standard InChI is InChI=1S/C18H25N3O2/c1-4-8-21(16(3)22)14-18(23)20-11-9-19(10-12-20)17-7-5-6-15(2)13-17/h4-7,13H,1,8-12,14H2,2-3H3. The summed E-state index contributed by atoms with van der Waals surface area (Å²) in [5, 5.41) is 0. The summed E-state index contributed by atoms with van der Waals surface area (Å²) in [5.74, 6) is -0.0948. The van der Waals surface area contributed by atoms with Crippen LogP contribution >= 0.6 is 0 Å². The van der Waals surface area contributed by atoms with Crippen LogP contribution in [0.15, 0.2) is 36.9 Å². The minimum absolute atomic E-state index is 0.00550. The summed E-state index contributed by atoms with van der Waals surface area (Å²) in [6.45, 7) is 10.7. The number of amides is 2. The van der Waals surface area contributed by atoms with Crippen LogP contribution < -0.4 is 4.90 Å². The lowest BCUT2D eigenvalue weighted by atomic mass is 10.2. The van der Waals surface area contributed by atoms with Gasteiger partial charge in [0.2, 0.25) is 11.8 Å². The van der Waals surface area contributed by atoms with Crippen molar-refractivity contribution >= 4 is 17.5 Å². The Morgan fingerprint density at radius 2 is 1.96 bits per heavy atom. The highest BCUT2D eigenvalue weighted by atomic mass is 16.2. The fourth-order valence-corrected chi connectivity index (χ4v) is 2.76. The molecule has 1 fully saturated rings. The quantitative estimate of drug-likeness (QED) is 0.777. The Morgan fingerprint density at radius 3 is 2.52 bits per heavy atom. The smallest absolute Gasteiger partial charge is 0.242 e. The Balaban J connectivity index is 1.89. The molecule has 0 saturated carbocycles. The summed E-state index contributed by atoms with van der Waals surface area (Å²) in [5.41, 5.74) is 2.44. The fraction of sp³-hybridized carbons (Fsp3) is 0.444. The van der Waals surface area contributed by atoms with Crippen LogP contribution in [0, 0.1) is 6.92 Å². The lowest BCUT2D eigenvalue weighted by Gasteiger charge is -2.37. The summed E-state index contributed by atoms with van der Waals surface area (Å²) in [4.78, 5) is 29.5. The van der Waals surface area contributed by atoms with E-state index in [0.29, 0.717) is 19.6 Å². The molecule has 0 bridgehead atoms. The molecule has 1 saturated heterocycles. The third-order valence-electron chi connectivity index (χ3n) is 4.12. The van der Waals surface area contributed by atoms with E-state index in [1.54, 1.807) is 6.08 Å². The van der Waals surface area contributed by atoms with Crippen LogP contribution in [0.5, 0.6) is 0 Å². The average Bonchev–Trinajstić information content (AvgIpc) is 2.54. The molecular formula is C18H25N3O2. The Hall–Kier alpha value is -2.30. The predicted octanol–water partition coefficient (Wildman–Crippen LogP) is 1.68. The summed E-state index contributed by atoms with van der Waals surface area (Å²) in [7, 11) is 0. The molecule has 2 rings (SSSR count). The van der Waals surface area contributed by atoms with Gasteiger partial charge in [0.1, 0.15) is 6.54 Å². The maximum absolute atomic E-state index is 12.4. The first-order valence-corrected chi connectivity index (χ1v) is 7.97. The zero-order valence-corrected chi connectivity index (χ0v) is 14.0. The molecule has 0 radical (unpaired) electrons. The van der Waals surface area contributed by atoms with Gasteiger partial charge in [-0.05, 0) is 24.6 Å². The van der Waals surface area contributed by atoms with Gasteiger partial charge in [0.25, 0.3) is 0 Å². The Kier molecular flexibility index (Phi) is 5.79. The van der Waals surface area contributed by atoms with Gasteiger partial charge in [-0.1, -0.05) is 18.2 Å². The van der Waals surface area contributed by atoms with E-state index in [2.05, 4.69) is 42.7 Å². The third kappa shape index (κ3) is 4.58. The van der Waals surface area contributed by atoms with Crippen molar-refractivity contribution in [3.05, 3.63) is 42.5 Å². The van der Waals surface area contributed by atoms with E-state index < -0.39 is 0 Å². The molecule has 0 unspecified atom stereocenters. The normalized spacial score (nSPS) is 14.5. The van der Waals surface area contributed by atoms with E-state index in [1.165, 1.54) is 23.1 Å². The highest BCUT2D eigenvalue weighted by Gasteiger charge is 2.23. The van der Waals surface area contributed by atoms with Crippen molar-refractivity contribution in [2.24, 2.45) is 0 Å². The fourth-order valence-electron chi connectivity index (χ4n) is 2.76. The number of hydrogen-bond donors (Lipinski definition) is 0. The number of carbonyl (C=O) groups is 2. The summed E-state index contributed by atoms with van der Waals surface area (Å²) < 4.78 is 0. The average molecular weight is 315 g/mol.